The summed E-state index contributed by atoms with van der Waals surface area (Å²) in [6.07, 6.45) is 20.8. The second kappa shape index (κ2) is 18.8. The smallest absolute Gasteiger partial charge is 0.309 e. The summed E-state index contributed by atoms with van der Waals surface area (Å²) in [6.45, 7) is 0.796. The maximum absolute atomic E-state index is 11.4. The van der Waals surface area contributed by atoms with E-state index < -0.39 is 18.0 Å². The van der Waals surface area contributed by atoms with Gasteiger partial charge in [-0.3, -0.25) is 4.79 Å². The van der Waals surface area contributed by atoms with Gasteiger partial charge in [-0.15, -0.1) is 0 Å². The van der Waals surface area contributed by atoms with Crippen LogP contribution in [0.2, 0.25) is 0 Å². The molecule has 5 heteroatoms. The van der Waals surface area contributed by atoms with Crippen LogP contribution in [0.25, 0.3) is 0 Å². The van der Waals surface area contributed by atoms with Crippen molar-refractivity contribution in [3.8, 4) is 0 Å². The molecule has 5 nitrogen and oxygen atoms in total. The van der Waals surface area contributed by atoms with Crippen molar-refractivity contribution in [2.45, 2.75) is 102 Å². The molecule has 0 rings (SSSR count). The molecule has 0 aromatic rings. The SMILES string of the molecule is C[N+](C)(C)CC(O)C(CCCCCCCCC=CCCCCCCCCO)C(=O)O. The van der Waals surface area contributed by atoms with Gasteiger partial charge in [-0.2, -0.15) is 0 Å². The van der Waals surface area contributed by atoms with E-state index >= 15 is 0 Å². The van der Waals surface area contributed by atoms with Crippen LogP contribution in [-0.4, -0.2) is 66.2 Å². The summed E-state index contributed by atoms with van der Waals surface area (Å²) in [7, 11) is 5.92. The van der Waals surface area contributed by atoms with E-state index in [0.29, 0.717) is 24.1 Å². The maximum Gasteiger partial charge on any atom is 0.309 e. The molecule has 0 spiro atoms. The van der Waals surface area contributed by atoms with Crippen molar-refractivity contribution in [1.29, 1.82) is 0 Å². The highest BCUT2D eigenvalue weighted by Crippen LogP contribution is 2.18. The Hall–Kier alpha value is -0.910. The van der Waals surface area contributed by atoms with Crippen molar-refractivity contribution in [3.63, 3.8) is 0 Å². The quantitative estimate of drug-likeness (QED) is 0.134. The van der Waals surface area contributed by atoms with Gasteiger partial charge in [0, 0.05) is 6.61 Å². The number of aliphatic hydroxyl groups excluding tert-OH is 2. The first-order valence-corrected chi connectivity index (χ1v) is 12.2. The van der Waals surface area contributed by atoms with E-state index in [2.05, 4.69) is 12.2 Å². The molecule has 2 atom stereocenters. The molecule has 0 amide bonds. The second-order valence-corrected chi connectivity index (χ2v) is 9.79. The van der Waals surface area contributed by atoms with Gasteiger partial charge < -0.3 is 19.8 Å². The van der Waals surface area contributed by atoms with Gasteiger partial charge in [-0.25, -0.2) is 0 Å². The van der Waals surface area contributed by atoms with Crippen LogP contribution in [0, 0.1) is 5.92 Å². The second-order valence-electron chi connectivity index (χ2n) is 9.79. The van der Waals surface area contributed by atoms with E-state index in [-0.39, 0.29) is 0 Å². The standard InChI is InChI=1S/C25H49NO4/c1-26(2,3)22-24(28)23(25(29)30)20-18-16-14-12-10-8-6-4-5-7-9-11-13-15-17-19-21-27/h4-5,23-24,27-28H,6-22H2,1-3H3/p+1. The Morgan fingerprint density at radius 2 is 1.20 bits per heavy atom. The zero-order valence-corrected chi connectivity index (χ0v) is 20.0. The van der Waals surface area contributed by atoms with Crippen LogP contribution in [-0.2, 0) is 4.79 Å². The number of hydrogen-bond donors (Lipinski definition) is 3. The Bertz CT molecular complexity index is 431. The van der Waals surface area contributed by atoms with Crippen molar-refractivity contribution in [1.82, 2.24) is 0 Å². The summed E-state index contributed by atoms with van der Waals surface area (Å²) in [6, 6.07) is 0. The first-order valence-electron chi connectivity index (χ1n) is 12.2. The number of quaternary nitrogens is 1. The van der Waals surface area contributed by atoms with Gasteiger partial charge in [-0.1, -0.05) is 69.9 Å². The molecule has 0 aromatic heterocycles. The fourth-order valence-electron chi connectivity index (χ4n) is 3.82. The lowest BCUT2D eigenvalue weighted by Crippen LogP contribution is -2.45. The third-order valence-corrected chi connectivity index (χ3v) is 5.60. The van der Waals surface area contributed by atoms with Crippen LogP contribution in [0.4, 0.5) is 0 Å². The van der Waals surface area contributed by atoms with Crippen molar-refractivity contribution >= 4 is 5.97 Å². The van der Waals surface area contributed by atoms with E-state index in [9.17, 15) is 15.0 Å². The zero-order chi connectivity index (χ0) is 22.7. The fraction of sp³-hybridized carbons (Fsp3) is 0.880. The summed E-state index contributed by atoms with van der Waals surface area (Å²) in [5, 5.41) is 28.4. The number of aliphatic hydroxyl groups is 2. The molecular weight excluding hydrogens is 378 g/mol. The van der Waals surface area contributed by atoms with Crippen LogP contribution < -0.4 is 0 Å². The van der Waals surface area contributed by atoms with Gasteiger partial charge in [0.05, 0.1) is 27.1 Å². The number of carboxylic acids is 1. The lowest BCUT2D eigenvalue weighted by atomic mass is 9.94. The number of allylic oxidation sites excluding steroid dienone is 2. The summed E-state index contributed by atoms with van der Waals surface area (Å²) in [4.78, 5) is 11.4. The Balaban J connectivity index is 3.56. The largest absolute Gasteiger partial charge is 0.481 e. The van der Waals surface area contributed by atoms with Crippen LogP contribution in [0.1, 0.15) is 96.3 Å². The van der Waals surface area contributed by atoms with Crippen molar-refractivity contribution < 1.29 is 24.6 Å². The number of rotatable bonds is 21. The van der Waals surface area contributed by atoms with Gasteiger partial charge in [0.15, 0.2) is 0 Å². The average molecular weight is 429 g/mol. The van der Waals surface area contributed by atoms with Crippen LogP contribution in [0.3, 0.4) is 0 Å². The minimum Gasteiger partial charge on any atom is -0.481 e. The molecule has 0 aliphatic rings. The van der Waals surface area contributed by atoms with E-state index in [0.717, 1.165) is 38.5 Å². The number of unbranched alkanes of at least 4 members (excludes halogenated alkanes) is 12. The van der Waals surface area contributed by atoms with E-state index in [4.69, 9.17) is 5.11 Å². The summed E-state index contributed by atoms with van der Waals surface area (Å²) < 4.78 is 0.574. The number of hydrogen-bond acceptors (Lipinski definition) is 3. The Kier molecular flexibility index (Phi) is 18.3. The van der Waals surface area contributed by atoms with E-state index in [1.807, 2.05) is 21.1 Å². The summed E-state index contributed by atoms with van der Waals surface area (Å²) in [5.41, 5.74) is 0. The van der Waals surface area contributed by atoms with Crippen molar-refractivity contribution in [2.24, 2.45) is 5.92 Å². The molecule has 0 saturated heterocycles. The maximum atomic E-state index is 11.4. The Morgan fingerprint density at radius 1 is 0.767 bits per heavy atom. The minimum absolute atomic E-state index is 0.329. The van der Waals surface area contributed by atoms with E-state index in [1.54, 1.807) is 0 Å². The first-order chi connectivity index (χ1) is 14.3. The molecule has 0 radical (unpaired) electrons. The fourth-order valence-corrected chi connectivity index (χ4v) is 3.82. The molecule has 0 aliphatic carbocycles. The third kappa shape index (κ3) is 19.1. The molecule has 178 valence electrons. The molecule has 0 aromatic carbocycles. The highest BCUT2D eigenvalue weighted by molar-refractivity contribution is 5.70. The Morgan fingerprint density at radius 3 is 1.63 bits per heavy atom. The predicted octanol–water partition coefficient (Wildman–Crippen LogP) is 5.15. The van der Waals surface area contributed by atoms with Gasteiger partial charge in [0.25, 0.3) is 0 Å². The van der Waals surface area contributed by atoms with Crippen LogP contribution in [0.15, 0.2) is 12.2 Å². The molecule has 0 aliphatic heterocycles. The molecule has 2 unspecified atom stereocenters. The predicted molar refractivity (Wildman–Crippen MR) is 126 cm³/mol. The minimum atomic E-state index is -0.871. The highest BCUT2D eigenvalue weighted by Gasteiger charge is 2.30. The lowest BCUT2D eigenvalue weighted by Gasteiger charge is -2.29. The molecule has 30 heavy (non-hydrogen) atoms. The molecule has 3 N–H and O–H groups in total. The average Bonchev–Trinajstić information content (AvgIpc) is 2.65. The topological polar surface area (TPSA) is 77.8 Å². The van der Waals surface area contributed by atoms with Crippen molar-refractivity contribution in [2.75, 3.05) is 34.3 Å². The van der Waals surface area contributed by atoms with Crippen LogP contribution >= 0.6 is 0 Å². The highest BCUT2D eigenvalue weighted by atomic mass is 16.4. The first kappa shape index (κ1) is 29.1. The van der Waals surface area contributed by atoms with Gasteiger partial charge >= 0.3 is 5.97 Å². The lowest BCUT2D eigenvalue weighted by molar-refractivity contribution is -0.874. The molecular formula is C25H50NO4+. The van der Waals surface area contributed by atoms with Gasteiger partial charge in [0.1, 0.15) is 12.6 Å². The van der Waals surface area contributed by atoms with E-state index in [1.165, 1.54) is 51.4 Å². The van der Waals surface area contributed by atoms with Gasteiger partial charge in [-0.05, 0) is 38.5 Å². The number of carboxylic acid groups (broad SMARTS) is 1. The molecule has 0 saturated carbocycles. The van der Waals surface area contributed by atoms with Crippen LogP contribution in [0.5, 0.6) is 0 Å². The van der Waals surface area contributed by atoms with Gasteiger partial charge in [0.2, 0.25) is 0 Å². The summed E-state index contributed by atoms with van der Waals surface area (Å²) in [5.74, 6) is -1.52. The number of aliphatic carboxylic acids is 1. The molecule has 0 heterocycles. The van der Waals surface area contributed by atoms with Crippen molar-refractivity contribution in [3.05, 3.63) is 12.2 Å². The third-order valence-electron chi connectivity index (χ3n) is 5.60. The molecule has 0 bridgehead atoms. The Labute approximate surface area is 185 Å². The summed E-state index contributed by atoms with van der Waals surface area (Å²) >= 11 is 0. The number of carbonyl (C=O) groups is 1. The monoisotopic (exact) mass is 428 g/mol. The zero-order valence-electron chi connectivity index (χ0n) is 20.0. The normalized spacial score (nSPS) is 14.3. The molecule has 0 fully saturated rings. The number of nitrogens with zero attached hydrogens (tertiary/aromatic N) is 1. The number of likely N-dealkylation sites (N-methyl/N-ethyl adjacent to an activating group) is 1.